The van der Waals surface area contributed by atoms with Gasteiger partial charge in [0.15, 0.2) is 5.82 Å². The molecule has 0 amide bonds. The van der Waals surface area contributed by atoms with Crippen molar-refractivity contribution in [1.29, 1.82) is 0 Å². The van der Waals surface area contributed by atoms with Crippen molar-refractivity contribution >= 4 is 11.6 Å². The molecule has 4 N–H and O–H groups in total. The van der Waals surface area contributed by atoms with E-state index in [1.807, 2.05) is 0 Å². The van der Waals surface area contributed by atoms with Crippen LogP contribution in [0, 0.1) is 11.8 Å². The zero-order chi connectivity index (χ0) is 12.8. The first-order valence-corrected chi connectivity index (χ1v) is 6.80. The largest absolute Gasteiger partial charge is 0.369 e. The molecule has 1 fully saturated rings. The van der Waals surface area contributed by atoms with Crippen LogP contribution in [0.1, 0.15) is 39.0 Å². The molecule has 1 aliphatic rings. The maximum absolute atomic E-state index is 5.30. The fraction of sp³-hybridized carbons (Fsp3) is 0.692. The van der Waals surface area contributed by atoms with Crippen LogP contribution in [0.25, 0.3) is 0 Å². The fourth-order valence-electron chi connectivity index (χ4n) is 2.75. The van der Waals surface area contributed by atoms with E-state index >= 15 is 0 Å². The van der Waals surface area contributed by atoms with E-state index in [0.29, 0.717) is 5.82 Å². The van der Waals surface area contributed by atoms with Crippen molar-refractivity contribution in [1.82, 2.24) is 9.97 Å². The zero-order valence-electron chi connectivity index (χ0n) is 11.0. The highest BCUT2D eigenvalue weighted by Crippen LogP contribution is 2.30. The van der Waals surface area contributed by atoms with Crippen LogP contribution in [-0.2, 0) is 0 Å². The first-order chi connectivity index (χ1) is 8.78. The standard InChI is InChI=1S/C13H23N5/c1-10-3-2-4-11(7-10)5-6-16-12-8-15-9-13(17-12)18-14/h8-11H,2-7,14H2,1H3,(H2,16,17,18). The molecule has 0 bridgehead atoms. The van der Waals surface area contributed by atoms with Gasteiger partial charge in [-0.1, -0.05) is 26.2 Å². The van der Waals surface area contributed by atoms with E-state index in [2.05, 4.69) is 27.6 Å². The summed E-state index contributed by atoms with van der Waals surface area (Å²) in [4.78, 5) is 8.34. The number of nitrogen functional groups attached to an aromatic ring is 1. The van der Waals surface area contributed by atoms with Gasteiger partial charge in [0, 0.05) is 6.54 Å². The molecule has 0 radical (unpaired) electrons. The second kappa shape index (κ2) is 6.54. The van der Waals surface area contributed by atoms with Crippen LogP contribution in [0.2, 0.25) is 0 Å². The number of nitrogens with one attached hydrogen (secondary N) is 2. The molecular formula is C13H23N5. The van der Waals surface area contributed by atoms with Crippen LogP contribution in [0.5, 0.6) is 0 Å². The third-order valence-corrected chi connectivity index (χ3v) is 3.69. The molecule has 5 nitrogen and oxygen atoms in total. The lowest BCUT2D eigenvalue weighted by Crippen LogP contribution is -2.17. The van der Waals surface area contributed by atoms with Gasteiger partial charge in [0.2, 0.25) is 0 Å². The van der Waals surface area contributed by atoms with E-state index in [4.69, 9.17) is 5.84 Å². The average molecular weight is 249 g/mol. The summed E-state index contributed by atoms with van der Waals surface area (Å²) in [5, 5.41) is 3.31. The predicted octanol–water partition coefficient (Wildman–Crippen LogP) is 2.39. The lowest BCUT2D eigenvalue weighted by atomic mass is 9.81. The number of hydrogen-bond donors (Lipinski definition) is 3. The molecule has 0 aromatic carbocycles. The molecule has 18 heavy (non-hydrogen) atoms. The Morgan fingerprint density at radius 1 is 1.33 bits per heavy atom. The summed E-state index contributed by atoms with van der Waals surface area (Å²) < 4.78 is 0. The van der Waals surface area contributed by atoms with Crippen LogP contribution in [0.4, 0.5) is 11.6 Å². The number of hydrazine groups is 1. The van der Waals surface area contributed by atoms with Crippen LogP contribution in [0.15, 0.2) is 12.4 Å². The van der Waals surface area contributed by atoms with Crippen LogP contribution >= 0.6 is 0 Å². The van der Waals surface area contributed by atoms with E-state index in [-0.39, 0.29) is 0 Å². The van der Waals surface area contributed by atoms with Crippen molar-refractivity contribution in [3.63, 3.8) is 0 Å². The summed E-state index contributed by atoms with van der Waals surface area (Å²) in [6, 6.07) is 0. The summed E-state index contributed by atoms with van der Waals surface area (Å²) in [5.41, 5.74) is 2.50. The van der Waals surface area contributed by atoms with Gasteiger partial charge in [-0.05, 0) is 24.7 Å². The van der Waals surface area contributed by atoms with E-state index in [0.717, 1.165) is 24.2 Å². The first kappa shape index (κ1) is 13.1. The molecule has 1 aromatic rings. The smallest absolute Gasteiger partial charge is 0.160 e. The van der Waals surface area contributed by atoms with Gasteiger partial charge in [-0.3, -0.25) is 4.98 Å². The van der Waals surface area contributed by atoms with Crippen LogP contribution in [-0.4, -0.2) is 16.5 Å². The van der Waals surface area contributed by atoms with E-state index in [9.17, 15) is 0 Å². The highest BCUT2D eigenvalue weighted by atomic mass is 15.3. The molecular weight excluding hydrogens is 226 g/mol. The normalized spacial score (nSPS) is 23.7. The number of anilines is 2. The highest BCUT2D eigenvalue weighted by molar-refractivity contribution is 5.40. The minimum Gasteiger partial charge on any atom is -0.369 e. The summed E-state index contributed by atoms with van der Waals surface area (Å²) in [7, 11) is 0. The van der Waals surface area contributed by atoms with Gasteiger partial charge in [0.05, 0.1) is 12.4 Å². The van der Waals surface area contributed by atoms with Crippen molar-refractivity contribution in [3.05, 3.63) is 12.4 Å². The summed E-state index contributed by atoms with van der Waals surface area (Å²) >= 11 is 0. The van der Waals surface area contributed by atoms with E-state index in [1.54, 1.807) is 12.4 Å². The van der Waals surface area contributed by atoms with Gasteiger partial charge in [0.25, 0.3) is 0 Å². The predicted molar refractivity (Wildman–Crippen MR) is 74.1 cm³/mol. The Morgan fingerprint density at radius 2 is 2.17 bits per heavy atom. The maximum Gasteiger partial charge on any atom is 0.160 e. The molecule has 0 spiro atoms. The van der Waals surface area contributed by atoms with Gasteiger partial charge in [-0.25, -0.2) is 10.8 Å². The molecule has 2 unspecified atom stereocenters. The summed E-state index contributed by atoms with van der Waals surface area (Å²) in [5.74, 6) is 8.44. The lowest BCUT2D eigenvalue weighted by molar-refractivity contribution is 0.274. The van der Waals surface area contributed by atoms with Gasteiger partial charge in [0.1, 0.15) is 5.82 Å². The number of aromatic nitrogens is 2. The number of nitrogens with two attached hydrogens (primary N) is 1. The highest BCUT2D eigenvalue weighted by Gasteiger charge is 2.18. The van der Waals surface area contributed by atoms with Crippen LogP contribution in [0.3, 0.4) is 0 Å². The Bertz CT molecular complexity index is 368. The van der Waals surface area contributed by atoms with Crippen molar-refractivity contribution in [2.24, 2.45) is 17.7 Å². The monoisotopic (exact) mass is 249 g/mol. The fourth-order valence-corrected chi connectivity index (χ4v) is 2.75. The topological polar surface area (TPSA) is 75.9 Å². The maximum atomic E-state index is 5.30. The van der Waals surface area contributed by atoms with E-state index < -0.39 is 0 Å². The molecule has 100 valence electrons. The Kier molecular flexibility index (Phi) is 4.75. The number of hydrogen-bond acceptors (Lipinski definition) is 5. The number of nitrogens with zero attached hydrogens (tertiary/aromatic N) is 2. The third-order valence-electron chi connectivity index (χ3n) is 3.69. The van der Waals surface area contributed by atoms with E-state index in [1.165, 1.54) is 32.1 Å². The Morgan fingerprint density at radius 3 is 2.94 bits per heavy atom. The van der Waals surface area contributed by atoms with Gasteiger partial charge >= 0.3 is 0 Å². The van der Waals surface area contributed by atoms with Gasteiger partial charge in [-0.15, -0.1) is 0 Å². The van der Waals surface area contributed by atoms with Crippen molar-refractivity contribution in [2.75, 3.05) is 17.3 Å². The van der Waals surface area contributed by atoms with Crippen LogP contribution < -0.4 is 16.6 Å². The molecule has 1 aliphatic carbocycles. The molecule has 1 saturated carbocycles. The quantitative estimate of drug-likeness (QED) is 0.552. The van der Waals surface area contributed by atoms with Gasteiger partial charge < -0.3 is 10.7 Å². The van der Waals surface area contributed by atoms with Gasteiger partial charge in [-0.2, -0.15) is 0 Å². The second-order valence-corrected chi connectivity index (χ2v) is 5.29. The molecule has 1 aromatic heterocycles. The molecule has 1 heterocycles. The Labute approximate surface area is 109 Å². The molecule has 2 atom stereocenters. The summed E-state index contributed by atoms with van der Waals surface area (Å²) in [6.07, 6.45) is 10.1. The third kappa shape index (κ3) is 3.84. The zero-order valence-corrected chi connectivity index (χ0v) is 11.0. The SMILES string of the molecule is CC1CCCC(CCNc2cncc(NN)n2)C1. The van der Waals surface area contributed by atoms with Crippen molar-refractivity contribution in [2.45, 2.75) is 39.0 Å². The summed E-state index contributed by atoms with van der Waals surface area (Å²) in [6.45, 7) is 3.32. The molecule has 0 aliphatic heterocycles. The second-order valence-electron chi connectivity index (χ2n) is 5.29. The Balaban J connectivity index is 1.74. The minimum atomic E-state index is 0.589. The number of rotatable bonds is 5. The molecule has 2 rings (SSSR count). The minimum absolute atomic E-state index is 0.589. The van der Waals surface area contributed by atoms with Crippen molar-refractivity contribution in [3.8, 4) is 0 Å². The average Bonchev–Trinajstić information content (AvgIpc) is 2.39. The molecule has 0 saturated heterocycles. The van der Waals surface area contributed by atoms with Crippen molar-refractivity contribution < 1.29 is 0 Å². The molecule has 5 heteroatoms. The lowest BCUT2D eigenvalue weighted by Gasteiger charge is -2.26. The Hall–Kier alpha value is -1.36. The first-order valence-electron chi connectivity index (χ1n) is 6.80.